The van der Waals surface area contributed by atoms with E-state index in [0.29, 0.717) is 24.5 Å². The van der Waals surface area contributed by atoms with Crippen LogP contribution in [0, 0.1) is 5.41 Å². The zero-order valence-electron chi connectivity index (χ0n) is 11.8. The number of aliphatic imine (C=N–C) groups is 1. The zero-order valence-corrected chi connectivity index (χ0v) is 11.8. The van der Waals surface area contributed by atoms with Gasteiger partial charge in [0, 0.05) is 11.5 Å². The normalized spacial score (nSPS) is 29.9. The number of nitrogens with two attached hydrogens (primary N) is 1. The van der Waals surface area contributed by atoms with Crippen LogP contribution in [-0.2, 0) is 0 Å². The molecule has 0 saturated heterocycles. The lowest BCUT2D eigenvalue weighted by Crippen LogP contribution is -2.44. The predicted molar refractivity (Wildman–Crippen MR) is 80.6 cm³/mol. The molecule has 0 heterocycles. The summed E-state index contributed by atoms with van der Waals surface area (Å²) in [6.07, 6.45) is 4.65. The van der Waals surface area contributed by atoms with Crippen molar-refractivity contribution < 1.29 is 5.11 Å². The van der Waals surface area contributed by atoms with Crippen LogP contribution < -0.4 is 11.1 Å². The van der Waals surface area contributed by atoms with E-state index in [0.717, 1.165) is 6.42 Å². The molecule has 2 aliphatic carbocycles. The molecule has 2 aliphatic rings. The molecule has 20 heavy (non-hydrogen) atoms. The molecule has 3 rings (SSSR count). The molecule has 0 bridgehead atoms. The van der Waals surface area contributed by atoms with E-state index in [9.17, 15) is 5.11 Å². The fourth-order valence-electron chi connectivity index (χ4n) is 2.95. The second-order valence-corrected chi connectivity index (χ2v) is 6.16. The van der Waals surface area contributed by atoms with Crippen molar-refractivity contribution in [2.24, 2.45) is 16.1 Å². The van der Waals surface area contributed by atoms with E-state index >= 15 is 0 Å². The Morgan fingerprint density at radius 3 is 2.70 bits per heavy atom. The summed E-state index contributed by atoms with van der Waals surface area (Å²) in [7, 11) is 0. The molecule has 4 heteroatoms. The van der Waals surface area contributed by atoms with Crippen LogP contribution in [0.5, 0.6) is 0 Å². The van der Waals surface area contributed by atoms with Gasteiger partial charge in [0.05, 0.1) is 13.2 Å². The van der Waals surface area contributed by atoms with Gasteiger partial charge in [0.1, 0.15) is 0 Å². The molecule has 0 aromatic heterocycles. The molecule has 0 radical (unpaired) electrons. The van der Waals surface area contributed by atoms with Crippen LogP contribution >= 0.6 is 0 Å². The highest BCUT2D eigenvalue weighted by Gasteiger charge is 2.54. The lowest BCUT2D eigenvalue weighted by molar-refractivity contribution is 0.212. The first kappa shape index (κ1) is 13.4. The first-order valence-electron chi connectivity index (χ1n) is 7.46. The summed E-state index contributed by atoms with van der Waals surface area (Å²) in [5.74, 6) is 0.940. The topological polar surface area (TPSA) is 70.6 Å². The molecular formula is C16H23N3O. The monoisotopic (exact) mass is 273 g/mol. The lowest BCUT2D eigenvalue weighted by atomic mass is 9.93. The van der Waals surface area contributed by atoms with Crippen molar-refractivity contribution in [1.82, 2.24) is 5.32 Å². The first-order chi connectivity index (χ1) is 9.73. The smallest absolute Gasteiger partial charge is 0.188 e. The van der Waals surface area contributed by atoms with Crippen LogP contribution in [0.15, 0.2) is 35.3 Å². The number of nitrogens with one attached hydrogen (secondary N) is 1. The molecule has 4 N–H and O–H groups in total. The van der Waals surface area contributed by atoms with Crippen molar-refractivity contribution in [3.8, 4) is 0 Å². The summed E-state index contributed by atoms with van der Waals surface area (Å²) >= 11 is 0. The fourth-order valence-corrected chi connectivity index (χ4v) is 2.95. The molecule has 2 saturated carbocycles. The predicted octanol–water partition coefficient (Wildman–Crippen LogP) is 1.61. The van der Waals surface area contributed by atoms with E-state index in [2.05, 4.69) is 22.4 Å². The van der Waals surface area contributed by atoms with Crippen LogP contribution in [0.3, 0.4) is 0 Å². The number of aliphatic hydroxyl groups excluding tert-OH is 1. The summed E-state index contributed by atoms with van der Waals surface area (Å²) < 4.78 is 0. The Kier molecular flexibility index (Phi) is 3.66. The third-order valence-corrected chi connectivity index (χ3v) is 4.73. The van der Waals surface area contributed by atoms with E-state index < -0.39 is 0 Å². The van der Waals surface area contributed by atoms with Crippen molar-refractivity contribution in [1.29, 1.82) is 0 Å². The molecule has 108 valence electrons. The summed E-state index contributed by atoms with van der Waals surface area (Å²) in [5.41, 5.74) is 7.10. The van der Waals surface area contributed by atoms with E-state index in [1.807, 2.05) is 18.2 Å². The first-order valence-corrected chi connectivity index (χ1v) is 7.46. The van der Waals surface area contributed by atoms with Crippen LogP contribution in [0.2, 0.25) is 0 Å². The number of nitrogens with zero attached hydrogens (tertiary/aromatic N) is 1. The standard InChI is InChI=1S/C16H23N3O/c17-15(19-13-7-4-8-13)18-10-16(11-20)9-14(16)12-5-2-1-3-6-12/h1-3,5-6,13-14,20H,4,7-11H2,(H3,17,18,19). The second-order valence-electron chi connectivity index (χ2n) is 6.16. The van der Waals surface area contributed by atoms with Gasteiger partial charge in [-0.2, -0.15) is 0 Å². The molecule has 1 aromatic rings. The van der Waals surface area contributed by atoms with Gasteiger partial charge in [0.25, 0.3) is 0 Å². The van der Waals surface area contributed by atoms with Crippen LogP contribution in [0.25, 0.3) is 0 Å². The maximum atomic E-state index is 9.71. The maximum absolute atomic E-state index is 9.71. The van der Waals surface area contributed by atoms with Gasteiger partial charge in [-0.05, 0) is 37.2 Å². The highest BCUT2D eigenvalue weighted by atomic mass is 16.3. The van der Waals surface area contributed by atoms with E-state index in [1.54, 1.807) is 0 Å². The minimum absolute atomic E-state index is 0.104. The van der Waals surface area contributed by atoms with Crippen molar-refractivity contribution in [3.63, 3.8) is 0 Å². The van der Waals surface area contributed by atoms with Gasteiger partial charge >= 0.3 is 0 Å². The Morgan fingerprint density at radius 2 is 2.10 bits per heavy atom. The Balaban J connectivity index is 1.59. The highest BCUT2D eigenvalue weighted by molar-refractivity contribution is 5.78. The Labute approximate surface area is 120 Å². The number of hydrogen-bond acceptors (Lipinski definition) is 2. The Hall–Kier alpha value is -1.55. The number of hydrogen-bond donors (Lipinski definition) is 3. The van der Waals surface area contributed by atoms with Crippen molar-refractivity contribution >= 4 is 5.96 Å². The van der Waals surface area contributed by atoms with E-state index in [4.69, 9.17) is 5.73 Å². The third-order valence-electron chi connectivity index (χ3n) is 4.73. The minimum Gasteiger partial charge on any atom is -0.396 e. The number of benzene rings is 1. The highest BCUT2D eigenvalue weighted by Crippen LogP contribution is 2.59. The van der Waals surface area contributed by atoms with Crippen molar-refractivity contribution in [2.75, 3.05) is 13.2 Å². The van der Waals surface area contributed by atoms with Gasteiger partial charge in [-0.1, -0.05) is 30.3 Å². The average molecular weight is 273 g/mol. The van der Waals surface area contributed by atoms with Crippen molar-refractivity contribution in [3.05, 3.63) is 35.9 Å². The van der Waals surface area contributed by atoms with Crippen LogP contribution in [0.1, 0.15) is 37.2 Å². The number of rotatable bonds is 5. The van der Waals surface area contributed by atoms with E-state index in [1.165, 1.54) is 24.8 Å². The Morgan fingerprint density at radius 1 is 1.35 bits per heavy atom. The van der Waals surface area contributed by atoms with E-state index in [-0.39, 0.29) is 12.0 Å². The molecular weight excluding hydrogens is 250 g/mol. The molecule has 0 aliphatic heterocycles. The number of guanidine groups is 1. The fraction of sp³-hybridized carbons (Fsp3) is 0.562. The van der Waals surface area contributed by atoms with Gasteiger partial charge in [-0.25, -0.2) is 0 Å². The summed E-state index contributed by atoms with van der Waals surface area (Å²) in [6, 6.07) is 10.9. The van der Waals surface area contributed by atoms with Gasteiger partial charge in [-0.15, -0.1) is 0 Å². The van der Waals surface area contributed by atoms with Gasteiger partial charge in [-0.3, -0.25) is 4.99 Å². The zero-order chi connectivity index (χ0) is 14.0. The van der Waals surface area contributed by atoms with Gasteiger partial charge in [0.15, 0.2) is 5.96 Å². The summed E-state index contributed by atoms with van der Waals surface area (Å²) in [4.78, 5) is 4.45. The van der Waals surface area contributed by atoms with Crippen LogP contribution in [-0.4, -0.2) is 30.3 Å². The number of aliphatic hydroxyl groups is 1. The minimum atomic E-state index is -0.104. The largest absolute Gasteiger partial charge is 0.396 e. The molecule has 0 spiro atoms. The molecule has 4 nitrogen and oxygen atoms in total. The summed E-state index contributed by atoms with van der Waals surface area (Å²) in [5, 5.41) is 13.0. The quantitative estimate of drug-likeness (QED) is 0.564. The third kappa shape index (κ3) is 2.66. The lowest BCUT2D eigenvalue weighted by Gasteiger charge is -2.27. The van der Waals surface area contributed by atoms with Crippen LogP contribution in [0.4, 0.5) is 0 Å². The molecule has 2 fully saturated rings. The molecule has 1 aromatic carbocycles. The average Bonchev–Trinajstić information content (AvgIpc) is 3.17. The van der Waals surface area contributed by atoms with Gasteiger partial charge < -0.3 is 16.2 Å². The van der Waals surface area contributed by atoms with Crippen molar-refractivity contribution in [2.45, 2.75) is 37.6 Å². The maximum Gasteiger partial charge on any atom is 0.188 e. The van der Waals surface area contributed by atoms with Gasteiger partial charge in [0.2, 0.25) is 0 Å². The molecule has 2 unspecified atom stereocenters. The molecule has 2 atom stereocenters. The Bertz CT molecular complexity index is 484. The second kappa shape index (κ2) is 5.44. The SMILES string of the molecule is NC(=NCC1(CO)CC1c1ccccc1)NC1CCC1. The molecule has 0 amide bonds. The summed E-state index contributed by atoms with van der Waals surface area (Å²) in [6.45, 7) is 0.779.